The van der Waals surface area contributed by atoms with Crippen molar-refractivity contribution < 1.29 is 17.9 Å². The second kappa shape index (κ2) is 6.85. The number of halogens is 3. The van der Waals surface area contributed by atoms with E-state index in [0.717, 1.165) is 6.54 Å². The number of pyridine rings is 1. The lowest BCUT2D eigenvalue weighted by atomic mass is 9.88. The van der Waals surface area contributed by atoms with Gasteiger partial charge in [0.25, 0.3) is 0 Å². The van der Waals surface area contributed by atoms with E-state index in [4.69, 9.17) is 4.74 Å². The van der Waals surface area contributed by atoms with Gasteiger partial charge >= 0.3 is 6.18 Å². The van der Waals surface area contributed by atoms with Crippen molar-refractivity contribution in [3.05, 3.63) is 71.6 Å². The minimum atomic E-state index is -4.45. The number of nitrogens with zero attached hydrogens (tertiary/aromatic N) is 2. The van der Waals surface area contributed by atoms with Gasteiger partial charge in [0, 0.05) is 24.3 Å². The smallest absolute Gasteiger partial charge is 0.378 e. The summed E-state index contributed by atoms with van der Waals surface area (Å²) in [5.74, 6) is 0. The maximum atomic E-state index is 13.3. The molecule has 2 aliphatic heterocycles. The number of hydrogen-bond acceptors (Lipinski definition) is 3. The highest BCUT2D eigenvalue weighted by molar-refractivity contribution is 5.69. The molecule has 2 atom stereocenters. The van der Waals surface area contributed by atoms with Crippen LogP contribution in [0.2, 0.25) is 0 Å². The molecule has 3 heterocycles. The van der Waals surface area contributed by atoms with Crippen LogP contribution in [0.15, 0.2) is 54.7 Å². The molecule has 6 heteroatoms. The summed E-state index contributed by atoms with van der Waals surface area (Å²) in [7, 11) is 0. The normalized spacial score (nSPS) is 23.6. The van der Waals surface area contributed by atoms with Crippen molar-refractivity contribution in [3.8, 4) is 0 Å². The van der Waals surface area contributed by atoms with Crippen LogP contribution in [0.5, 0.6) is 0 Å². The van der Waals surface area contributed by atoms with Crippen LogP contribution in [0.3, 0.4) is 0 Å². The highest BCUT2D eigenvalue weighted by Crippen LogP contribution is 2.38. The molecular weight excluding hydrogens is 341 g/mol. The van der Waals surface area contributed by atoms with Crippen LogP contribution in [0.25, 0.3) is 5.57 Å². The topological polar surface area (TPSA) is 25.4 Å². The van der Waals surface area contributed by atoms with Crippen LogP contribution in [0, 0.1) is 0 Å². The van der Waals surface area contributed by atoms with Gasteiger partial charge in [-0.3, -0.25) is 9.88 Å². The Hall–Kier alpha value is -2.18. The van der Waals surface area contributed by atoms with Gasteiger partial charge in [0.05, 0.1) is 19.3 Å². The molecule has 2 aromatic rings. The molecule has 0 amide bonds. The number of rotatable bonds is 3. The van der Waals surface area contributed by atoms with Crippen molar-refractivity contribution in [2.24, 2.45) is 0 Å². The summed E-state index contributed by atoms with van der Waals surface area (Å²) in [4.78, 5) is 5.92. The quantitative estimate of drug-likeness (QED) is 0.822. The van der Waals surface area contributed by atoms with Gasteiger partial charge in [0.1, 0.15) is 0 Å². The molecule has 3 nitrogen and oxygen atoms in total. The van der Waals surface area contributed by atoms with E-state index in [1.165, 1.54) is 17.8 Å². The highest BCUT2D eigenvalue weighted by atomic mass is 19.4. The molecular formula is C20H19F3N2O. The molecule has 26 heavy (non-hydrogen) atoms. The molecule has 1 aromatic carbocycles. The maximum Gasteiger partial charge on any atom is 0.433 e. The van der Waals surface area contributed by atoms with Crippen molar-refractivity contribution in [2.45, 2.75) is 31.2 Å². The number of benzene rings is 1. The lowest BCUT2D eigenvalue weighted by Crippen LogP contribution is -2.53. The largest absolute Gasteiger partial charge is 0.433 e. The molecule has 4 rings (SSSR count). The standard InChI is InChI=1S/C20H19F3N2O/c21-20(22,23)19-18(7-4-8-24-19)15-9-16-12-26-13-17(10-15)25(16)11-14-5-2-1-3-6-14/h1-9,16-17H,10-13H2. The van der Waals surface area contributed by atoms with E-state index in [-0.39, 0.29) is 17.6 Å². The minimum Gasteiger partial charge on any atom is -0.378 e. The molecule has 2 unspecified atom stereocenters. The molecule has 0 aliphatic carbocycles. The molecule has 0 saturated carbocycles. The molecule has 0 radical (unpaired) electrons. The first-order valence-electron chi connectivity index (χ1n) is 8.63. The molecule has 0 N–H and O–H groups in total. The van der Waals surface area contributed by atoms with E-state index in [1.807, 2.05) is 24.3 Å². The summed E-state index contributed by atoms with van der Waals surface area (Å²) in [5, 5.41) is 0. The van der Waals surface area contributed by atoms with Crippen molar-refractivity contribution >= 4 is 5.57 Å². The second-order valence-corrected chi connectivity index (χ2v) is 6.71. The fraction of sp³-hybridized carbons (Fsp3) is 0.350. The predicted octanol–water partition coefficient (Wildman–Crippen LogP) is 4.16. The number of hydrogen-bond donors (Lipinski definition) is 0. The molecule has 1 saturated heterocycles. The highest BCUT2D eigenvalue weighted by Gasteiger charge is 2.39. The summed E-state index contributed by atoms with van der Waals surface area (Å²) in [6.07, 6.45) is -0.811. The first-order chi connectivity index (χ1) is 12.5. The second-order valence-electron chi connectivity index (χ2n) is 6.71. The summed E-state index contributed by atoms with van der Waals surface area (Å²) < 4.78 is 45.7. The molecule has 1 aromatic heterocycles. The van der Waals surface area contributed by atoms with Crippen molar-refractivity contribution in [3.63, 3.8) is 0 Å². The Bertz CT molecular complexity index is 804. The first-order valence-corrected chi connectivity index (χ1v) is 8.63. The van der Waals surface area contributed by atoms with E-state index < -0.39 is 11.9 Å². The van der Waals surface area contributed by atoms with Gasteiger partial charge in [-0.2, -0.15) is 13.2 Å². The minimum absolute atomic E-state index is 0.0287. The molecule has 0 spiro atoms. The Balaban J connectivity index is 1.65. The van der Waals surface area contributed by atoms with E-state index in [0.29, 0.717) is 25.2 Å². The van der Waals surface area contributed by atoms with Crippen LogP contribution in [-0.4, -0.2) is 35.2 Å². The van der Waals surface area contributed by atoms with Gasteiger partial charge in [-0.15, -0.1) is 0 Å². The van der Waals surface area contributed by atoms with Gasteiger partial charge in [-0.05, 0) is 23.6 Å². The number of aromatic nitrogens is 1. The van der Waals surface area contributed by atoms with Gasteiger partial charge in [0.15, 0.2) is 5.69 Å². The third kappa shape index (κ3) is 3.39. The number of ether oxygens (including phenoxy) is 1. The first kappa shape index (κ1) is 17.2. The average molecular weight is 360 g/mol. The zero-order valence-electron chi connectivity index (χ0n) is 14.1. The fourth-order valence-electron chi connectivity index (χ4n) is 3.79. The molecule has 2 aliphatic rings. The van der Waals surface area contributed by atoms with Crippen molar-refractivity contribution in [1.29, 1.82) is 0 Å². The van der Waals surface area contributed by atoms with E-state index in [2.05, 4.69) is 22.0 Å². The van der Waals surface area contributed by atoms with E-state index in [1.54, 1.807) is 6.07 Å². The van der Waals surface area contributed by atoms with Gasteiger partial charge in [-0.1, -0.05) is 42.5 Å². The molecule has 1 fully saturated rings. The fourth-order valence-corrected chi connectivity index (χ4v) is 3.79. The Kier molecular flexibility index (Phi) is 4.54. The lowest BCUT2D eigenvalue weighted by Gasteiger charge is -2.45. The van der Waals surface area contributed by atoms with Gasteiger partial charge < -0.3 is 4.74 Å². The number of fused-ring (bicyclic) bond motifs is 2. The monoisotopic (exact) mass is 360 g/mol. The van der Waals surface area contributed by atoms with Gasteiger partial charge in [0.2, 0.25) is 0 Å². The summed E-state index contributed by atoms with van der Waals surface area (Å²) in [5.41, 5.74) is 1.30. The zero-order chi connectivity index (χ0) is 18.1. The van der Waals surface area contributed by atoms with Crippen LogP contribution in [0.4, 0.5) is 13.2 Å². The Morgan fingerprint density at radius 3 is 2.62 bits per heavy atom. The summed E-state index contributed by atoms with van der Waals surface area (Å²) in [6.45, 7) is 1.79. The number of alkyl halides is 3. The zero-order valence-corrected chi connectivity index (χ0v) is 14.1. The van der Waals surface area contributed by atoms with Crippen molar-refractivity contribution in [2.75, 3.05) is 13.2 Å². The predicted molar refractivity (Wildman–Crippen MR) is 92.2 cm³/mol. The Morgan fingerprint density at radius 2 is 1.88 bits per heavy atom. The molecule has 136 valence electrons. The van der Waals surface area contributed by atoms with Crippen LogP contribution in [0.1, 0.15) is 23.2 Å². The van der Waals surface area contributed by atoms with Crippen LogP contribution >= 0.6 is 0 Å². The lowest BCUT2D eigenvalue weighted by molar-refractivity contribution is -0.141. The molecule has 2 bridgehead atoms. The summed E-state index contributed by atoms with van der Waals surface area (Å²) >= 11 is 0. The van der Waals surface area contributed by atoms with Crippen LogP contribution in [-0.2, 0) is 17.5 Å². The van der Waals surface area contributed by atoms with Gasteiger partial charge in [-0.25, -0.2) is 0 Å². The average Bonchev–Trinajstić information content (AvgIpc) is 2.62. The number of morpholine rings is 1. The van der Waals surface area contributed by atoms with E-state index in [9.17, 15) is 13.2 Å². The Morgan fingerprint density at radius 1 is 1.08 bits per heavy atom. The SMILES string of the molecule is FC(F)(F)c1ncccc1C1=CC2COCC(C1)N2Cc1ccccc1. The van der Waals surface area contributed by atoms with Crippen LogP contribution < -0.4 is 0 Å². The van der Waals surface area contributed by atoms with E-state index >= 15 is 0 Å². The summed E-state index contributed by atoms with van der Waals surface area (Å²) in [6, 6.07) is 13.2. The maximum absolute atomic E-state index is 13.3. The third-order valence-electron chi connectivity index (χ3n) is 4.97. The Labute approximate surface area is 150 Å². The van der Waals surface area contributed by atoms with Crippen molar-refractivity contribution in [1.82, 2.24) is 9.88 Å². The third-order valence-corrected chi connectivity index (χ3v) is 4.97.